The van der Waals surface area contributed by atoms with Gasteiger partial charge in [-0.2, -0.15) is 0 Å². The Morgan fingerprint density at radius 2 is 1.68 bits per heavy atom. The fourth-order valence-electron chi connectivity index (χ4n) is 4.12. The van der Waals surface area contributed by atoms with Crippen LogP contribution in [-0.2, 0) is 4.79 Å². The molecule has 130 valence electrons. The van der Waals surface area contributed by atoms with E-state index in [0.717, 1.165) is 31.8 Å². The minimum Gasteiger partial charge on any atom is -0.353 e. The summed E-state index contributed by atoms with van der Waals surface area (Å²) >= 11 is 0. The number of likely N-dealkylation sites (tertiary alicyclic amines) is 1. The summed E-state index contributed by atoms with van der Waals surface area (Å²) in [4.78, 5) is 14.7. The number of hydrogen-bond acceptors (Lipinski definition) is 3. The highest BCUT2D eigenvalue weighted by atomic mass is 35.5. The molecule has 2 aliphatic heterocycles. The summed E-state index contributed by atoms with van der Waals surface area (Å²) in [5.74, 6) is 0.253. The van der Waals surface area contributed by atoms with Crippen molar-refractivity contribution < 1.29 is 4.79 Å². The molecule has 6 heteroatoms. The van der Waals surface area contributed by atoms with Gasteiger partial charge in [-0.1, -0.05) is 12.8 Å². The molecule has 1 amide bonds. The highest BCUT2D eigenvalue weighted by molar-refractivity contribution is 5.85. The Balaban J connectivity index is 0.00000121. The van der Waals surface area contributed by atoms with Gasteiger partial charge in [0.1, 0.15) is 0 Å². The van der Waals surface area contributed by atoms with Crippen molar-refractivity contribution in [1.82, 2.24) is 15.5 Å². The maximum absolute atomic E-state index is 12.0. The number of carbonyl (C=O) groups excluding carboxylic acids is 1. The molecule has 1 atom stereocenters. The molecule has 22 heavy (non-hydrogen) atoms. The smallest absolute Gasteiger partial charge is 0.221 e. The number of piperidine rings is 1. The fraction of sp³-hybridized carbons (Fsp3) is 0.938. The molecule has 1 aliphatic carbocycles. The number of amides is 1. The second-order valence-corrected chi connectivity index (χ2v) is 6.81. The Labute approximate surface area is 147 Å². The molecule has 0 aromatic heterocycles. The van der Waals surface area contributed by atoms with E-state index in [-0.39, 0.29) is 30.7 Å². The quantitative estimate of drug-likeness (QED) is 0.817. The second kappa shape index (κ2) is 9.96. The summed E-state index contributed by atoms with van der Waals surface area (Å²) in [6.45, 7) is 3.44. The lowest BCUT2D eigenvalue weighted by Crippen LogP contribution is -2.48. The zero-order valence-corrected chi connectivity index (χ0v) is 15.0. The van der Waals surface area contributed by atoms with Crippen molar-refractivity contribution in [3.63, 3.8) is 0 Å². The highest BCUT2D eigenvalue weighted by Gasteiger charge is 2.28. The van der Waals surface area contributed by atoms with Crippen LogP contribution in [0.2, 0.25) is 0 Å². The largest absolute Gasteiger partial charge is 0.353 e. The zero-order chi connectivity index (χ0) is 13.8. The van der Waals surface area contributed by atoms with Crippen molar-refractivity contribution in [2.45, 2.75) is 75.9 Å². The van der Waals surface area contributed by atoms with Crippen LogP contribution in [0.15, 0.2) is 0 Å². The molecular weight excluding hydrogens is 321 g/mol. The van der Waals surface area contributed by atoms with Gasteiger partial charge in [-0.25, -0.2) is 0 Å². The predicted octanol–water partition coefficient (Wildman–Crippen LogP) is 2.50. The predicted molar refractivity (Wildman–Crippen MR) is 95.1 cm³/mol. The molecule has 0 aromatic rings. The lowest BCUT2D eigenvalue weighted by atomic mass is 10.0. The van der Waals surface area contributed by atoms with E-state index in [2.05, 4.69) is 15.5 Å². The van der Waals surface area contributed by atoms with Gasteiger partial charge in [0.2, 0.25) is 5.91 Å². The third kappa shape index (κ3) is 5.55. The van der Waals surface area contributed by atoms with E-state index >= 15 is 0 Å². The minimum absolute atomic E-state index is 0. The average Bonchev–Trinajstić information content (AvgIpc) is 3.12. The molecule has 2 N–H and O–H groups in total. The summed E-state index contributed by atoms with van der Waals surface area (Å²) in [5, 5.41) is 6.65. The van der Waals surface area contributed by atoms with Gasteiger partial charge in [-0.15, -0.1) is 24.8 Å². The SMILES string of the molecule is Cl.Cl.O=C(CC1CCCN1)NC1CCN(C2CCCC2)CC1. The molecule has 0 aromatic carbocycles. The molecule has 3 aliphatic rings. The van der Waals surface area contributed by atoms with Crippen LogP contribution in [-0.4, -0.2) is 48.6 Å². The molecule has 3 fully saturated rings. The Morgan fingerprint density at radius 1 is 1.00 bits per heavy atom. The zero-order valence-electron chi connectivity index (χ0n) is 13.4. The van der Waals surface area contributed by atoms with Crippen LogP contribution >= 0.6 is 24.8 Å². The number of hydrogen-bond donors (Lipinski definition) is 2. The lowest BCUT2D eigenvalue weighted by molar-refractivity contribution is -0.122. The van der Waals surface area contributed by atoms with Crippen molar-refractivity contribution in [3.8, 4) is 0 Å². The summed E-state index contributed by atoms with van der Waals surface area (Å²) in [6, 6.07) is 1.68. The van der Waals surface area contributed by atoms with Gasteiger partial charge < -0.3 is 15.5 Å². The molecule has 4 nitrogen and oxygen atoms in total. The first-order chi connectivity index (χ1) is 9.81. The standard InChI is InChI=1S/C16H29N3O.2ClH/c20-16(12-14-4-3-9-17-14)18-13-7-10-19(11-8-13)15-5-1-2-6-15;;/h13-15,17H,1-12H2,(H,18,20);2*1H. The van der Waals surface area contributed by atoms with E-state index < -0.39 is 0 Å². The van der Waals surface area contributed by atoms with Crippen LogP contribution in [0.4, 0.5) is 0 Å². The van der Waals surface area contributed by atoms with Crippen LogP contribution in [0, 0.1) is 0 Å². The molecule has 1 unspecified atom stereocenters. The van der Waals surface area contributed by atoms with Gasteiger partial charge in [0.15, 0.2) is 0 Å². The molecule has 0 spiro atoms. The first-order valence-electron chi connectivity index (χ1n) is 8.58. The average molecular weight is 352 g/mol. The lowest BCUT2D eigenvalue weighted by Gasteiger charge is -2.36. The Bertz CT molecular complexity index is 323. The monoisotopic (exact) mass is 351 g/mol. The highest BCUT2D eigenvalue weighted by Crippen LogP contribution is 2.26. The fourth-order valence-corrected chi connectivity index (χ4v) is 4.12. The Hall–Kier alpha value is -0.0300. The number of nitrogens with zero attached hydrogens (tertiary/aromatic N) is 1. The molecule has 0 radical (unpaired) electrons. The van der Waals surface area contributed by atoms with Gasteiger partial charge in [0.05, 0.1) is 0 Å². The first-order valence-corrected chi connectivity index (χ1v) is 8.58. The van der Waals surface area contributed by atoms with Crippen molar-refractivity contribution in [3.05, 3.63) is 0 Å². The maximum Gasteiger partial charge on any atom is 0.221 e. The minimum atomic E-state index is 0. The van der Waals surface area contributed by atoms with Crippen LogP contribution in [0.1, 0.15) is 57.8 Å². The van der Waals surface area contributed by atoms with E-state index in [1.165, 1.54) is 45.2 Å². The number of carbonyl (C=O) groups is 1. The number of halogens is 2. The van der Waals surface area contributed by atoms with Crippen LogP contribution in [0.3, 0.4) is 0 Å². The van der Waals surface area contributed by atoms with Gasteiger partial charge in [-0.05, 0) is 45.1 Å². The van der Waals surface area contributed by atoms with Gasteiger partial charge in [0.25, 0.3) is 0 Å². The van der Waals surface area contributed by atoms with Gasteiger partial charge >= 0.3 is 0 Å². The Kier molecular flexibility index (Phi) is 9.07. The molecular formula is C16H31Cl2N3O. The van der Waals surface area contributed by atoms with Crippen molar-refractivity contribution in [2.24, 2.45) is 0 Å². The third-order valence-electron chi connectivity index (χ3n) is 5.33. The molecule has 2 saturated heterocycles. The number of nitrogens with one attached hydrogen (secondary N) is 2. The molecule has 3 rings (SSSR count). The topological polar surface area (TPSA) is 44.4 Å². The third-order valence-corrected chi connectivity index (χ3v) is 5.33. The first kappa shape index (κ1) is 20.0. The van der Waals surface area contributed by atoms with Crippen LogP contribution in [0.5, 0.6) is 0 Å². The molecule has 2 heterocycles. The Morgan fingerprint density at radius 3 is 2.27 bits per heavy atom. The summed E-state index contributed by atoms with van der Waals surface area (Å²) < 4.78 is 0. The normalized spacial score (nSPS) is 27.2. The summed E-state index contributed by atoms with van der Waals surface area (Å²) in [5.41, 5.74) is 0. The second-order valence-electron chi connectivity index (χ2n) is 6.81. The van der Waals surface area contributed by atoms with Crippen LogP contribution < -0.4 is 10.6 Å². The maximum atomic E-state index is 12.0. The summed E-state index contributed by atoms with van der Waals surface area (Å²) in [6.07, 6.45) is 10.9. The molecule has 1 saturated carbocycles. The summed E-state index contributed by atoms with van der Waals surface area (Å²) in [7, 11) is 0. The van der Waals surface area contributed by atoms with Crippen molar-refractivity contribution >= 4 is 30.7 Å². The molecule has 0 bridgehead atoms. The van der Waals surface area contributed by atoms with E-state index in [0.29, 0.717) is 18.5 Å². The number of rotatable bonds is 4. The van der Waals surface area contributed by atoms with Crippen LogP contribution in [0.25, 0.3) is 0 Å². The van der Waals surface area contributed by atoms with Gasteiger partial charge in [0, 0.05) is 37.6 Å². The van der Waals surface area contributed by atoms with Gasteiger partial charge in [-0.3, -0.25) is 4.79 Å². The van der Waals surface area contributed by atoms with Crippen molar-refractivity contribution in [2.75, 3.05) is 19.6 Å². The van der Waals surface area contributed by atoms with E-state index in [1.807, 2.05) is 0 Å². The van der Waals surface area contributed by atoms with E-state index in [4.69, 9.17) is 0 Å². The van der Waals surface area contributed by atoms with E-state index in [9.17, 15) is 4.79 Å². The van der Waals surface area contributed by atoms with Crippen molar-refractivity contribution in [1.29, 1.82) is 0 Å². The van der Waals surface area contributed by atoms with E-state index in [1.54, 1.807) is 0 Å².